The van der Waals surface area contributed by atoms with Crippen LogP contribution in [0.5, 0.6) is 0 Å². The summed E-state index contributed by atoms with van der Waals surface area (Å²) in [6.45, 7) is 2.22. The van der Waals surface area contributed by atoms with Gasteiger partial charge in [-0.2, -0.15) is 0 Å². The van der Waals surface area contributed by atoms with Gasteiger partial charge in [0.05, 0.1) is 6.61 Å². The van der Waals surface area contributed by atoms with Crippen molar-refractivity contribution in [2.24, 2.45) is 11.8 Å². The predicted molar refractivity (Wildman–Crippen MR) is 59.5 cm³/mol. The lowest BCUT2D eigenvalue weighted by Crippen LogP contribution is -2.01. The van der Waals surface area contributed by atoms with Gasteiger partial charge >= 0.3 is 5.97 Å². The second-order valence-electron chi connectivity index (χ2n) is 4.10. The molecule has 0 aliphatic heterocycles. The van der Waals surface area contributed by atoms with Crippen LogP contribution in [0.3, 0.4) is 0 Å². The molecule has 0 N–H and O–H groups in total. The third-order valence-electron chi connectivity index (χ3n) is 3.19. The SMILES string of the molecule is CCOC(=O)C=CC1=C(Cl)C2CCC1C2. The number of fused-ring (bicyclic) bond motifs is 2. The van der Waals surface area contributed by atoms with E-state index in [1.54, 1.807) is 6.92 Å². The molecule has 0 aromatic rings. The van der Waals surface area contributed by atoms with E-state index >= 15 is 0 Å². The third kappa shape index (κ3) is 2.10. The largest absolute Gasteiger partial charge is 0.463 e. The molecule has 2 aliphatic carbocycles. The van der Waals surface area contributed by atoms with Crippen LogP contribution in [-0.4, -0.2) is 12.6 Å². The minimum absolute atomic E-state index is 0.280. The molecule has 0 heterocycles. The maximum Gasteiger partial charge on any atom is 0.330 e. The molecule has 1 saturated carbocycles. The molecule has 82 valence electrons. The van der Waals surface area contributed by atoms with Crippen molar-refractivity contribution < 1.29 is 9.53 Å². The molecular formula is C12H15ClO2. The van der Waals surface area contributed by atoms with Gasteiger partial charge in [0, 0.05) is 11.1 Å². The number of halogens is 1. The highest BCUT2D eigenvalue weighted by Gasteiger charge is 2.37. The number of rotatable bonds is 3. The fourth-order valence-corrected chi connectivity index (χ4v) is 2.90. The Balaban J connectivity index is 2.03. The minimum atomic E-state index is -0.280. The summed E-state index contributed by atoms with van der Waals surface area (Å²) >= 11 is 6.21. The summed E-state index contributed by atoms with van der Waals surface area (Å²) in [5.74, 6) is 0.851. The van der Waals surface area contributed by atoms with Crippen LogP contribution in [0.25, 0.3) is 0 Å². The zero-order valence-electron chi connectivity index (χ0n) is 8.83. The smallest absolute Gasteiger partial charge is 0.330 e. The molecular weight excluding hydrogens is 212 g/mol. The zero-order chi connectivity index (χ0) is 10.8. The first kappa shape index (κ1) is 10.7. The normalized spacial score (nSPS) is 29.2. The lowest BCUT2D eigenvalue weighted by atomic mass is 9.98. The number of ether oxygens (including phenoxy) is 1. The van der Waals surface area contributed by atoms with Gasteiger partial charge in [0.1, 0.15) is 0 Å². The van der Waals surface area contributed by atoms with Crippen LogP contribution in [0, 0.1) is 11.8 Å². The summed E-state index contributed by atoms with van der Waals surface area (Å²) in [5, 5.41) is 0.965. The zero-order valence-corrected chi connectivity index (χ0v) is 9.59. The van der Waals surface area contributed by atoms with Gasteiger partial charge in [0.25, 0.3) is 0 Å². The van der Waals surface area contributed by atoms with Crippen LogP contribution in [-0.2, 0) is 9.53 Å². The first-order valence-corrected chi connectivity index (χ1v) is 5.84. The van der Waals surface area contributed by atoms with E-state index in [0.29, 0.717) is 18.4 Å². The van der Waals surface area contributed by atoms with E-state index in [4.69, 9.17) is 16.3 Å². The second-order valence-corrected chi connectivity index (χ2v) is 4.50. The predicted octanol–water partition coefficient (Wildman–Crippen LogP) is 3.03. The van der Waals surface area contributed by atoms with E-state index in [0.717, 1.165) is 10.6 Å². The van der Waals surface area contributed by atoms with Crippen molar-refractivity contribution in [3.05, 3.63) is 22.8 Å². The summed E-state index contributed by atoms with van der Waals surface area (Å²) in [4.78, 5) is 11.1. The van der Waals surface area contributed by atoms with Crippen LogP contribution in [0.15, 0.2) is 22.8 Å². The summed E-state index contributed by atoms with van der Waals surface area (Å²) in [6, 6.07) is 0. The molecule has 1 fully saturated rings. The van der Waals surface area contributed by atoms with E-state index in [9.17, 15) is 4.79 Å². The average Bonchev–Trinajstić information content (AvgIpc) is 2.76. The average molecular weight is 227 g/mol. The van der Waals surface area contributed by atoms with Gasteiger partial charge in [-0.25, -0.2) is 4.79 Å². The van der Waals surface area contributed by atoms with E-state index < -0.39 is 0 Å². The molecule has 2 aliphatic rings. The topological polar surface area (TPSA) is 26.3 Å². The number of hydrogen-bond acceptors (Lipinski definition) is 2. The molecule has 3 heteroatoms. The van der Waals surface area contributed by atoms with Crippen LogP contribution < -0.4 is 0 Å². The molecule has 0 aromatic carbocycles. The van der Waals surface area contributed by atoms with E-state index in [1.807, 2.05) is 6.08 Å². The summed E-state index contributed by atoms with van der Waals surface area (Å²) < 4.78 is 4.83. The maximum atomic E-state index is 11.1. The van der Waals surface area contributed by atoms with Crippen molar-refractivity contribution in [1.82, 2.24) is 0 Å². The Hall–Kier alpha value is -0.760. The van der Waals surface area contributed by atoms with Gasteiger partial charge < -0.3 is 4.74 Å². The molecule has 0 spiro atoms. The Morgan fingerprint density at radius 2 is 2.27 bits per heavy atom. The third-order valence-corrected chi connectivity index (χ3v) is 3.72. The van der Waals surface area contributed by atoms with Crippen molar-refractivity contribution in [3.8, 4) is 0 Å². The Bertz CT molecular complexity index is 331. The number of esters is 1. The van der Waals surface area contributed by atoms with E-state index in [1.165, 1.54) is 25.3 Å². The van der Waals surface area contributed by atoms with Crippen LogP contribution in [0.4, 0.5) is 0 Å². The Kier molecular flexibility index (Phi) is 3.15. The molecule has 2 atom stereocenters. The van der Waals surface area contributed by atoms with Crippen LogP contribution >= 0.6 is 11.6 Å². The fourth-order valence-electron chi connectivity index (χ4n) is 2.49. The monoisotopic (exact) mass is 226 g/mol. The number of allylic oxidation sites excluding steroid dienone is 3. The van der Waals surface area contributed by atoms with Crippen molar-refractivity contribution in [3.63, 3.8) is 0 Å². The Labute approximate surface area is 94.9 Å². The molecule has 2 bridgehead atoms. The quantitative estimate of drug-likeness (QED) is 0.546. The fraction of sp³-hybridized carbons (Fsp3) is 0.583. The van der Waals surface area contributed by atoms with Crippen molar-refractivity contribution in [2.75, 3.05) is 6.61 Å². The second kappa shape index (κ2) is 4.40. The van der Waals surface area contributed by atoms with Gasteiger partial charge in [-0.3, -0.25) is 0 Å². The molecule has 2 nitrogen and oxygen atoms in total. The highest BCUT2D eigenvalue weighted by Crippen LogP contribution is 2.50. The molecule has 0 aromatic heterocycles. The Morgan fingerprint density at radius 1 is 1.53 bits per heavy atom. The van der Waals surface area contributed by atoms with Crippen LogP contribution in [0.1, 0.15) is 26.2 Å². The molecule has 0 saturated heterocycles. The maximum absolute atomic E-state index is 11.1. The molecule has 2 rings (SSSR count). The van der Waals surface area contributed by atoms with E-state index in [2.05, 4.69) is 0 Å². The summed E-state index contributed by atoms with van der Waals surface area (Å²) in [7, 11) is 0. The highest BCUT2D eigenvalue weighted by molar-refractivity contribution is 6.30. The number of carbonyl (C=O) groups is 1. The standard InChI is InChI=1S/C12H15ClO2/c1-2-15-11(14)6-5-10-8-3-4-9(7-8)12(10)13/h5-6,8-9H,2-4,7H2,1H3. The lowest BCUT2D eigenvalue weighted by molar-refractivity contribution is -0.137. The van der Waals surface area contributed by atoms with Crippen molar-refractivity contribution in [1.29, 1.82) is 0 Å². The van der Waals surface area contributed by atoms with Gasteiger partial charge in [-0.05, 0) is 43.6 Å². The summed E-state index contributed by atoms with van der Waals surface area (Å²) in [5.41, 5.74) is 1.15. The van der Waals surface area contributed by atoms with Crippen molar-refractivity contribution >= 4 is 17.6 Å². The molecule has 2 unspecified atom stereocenters. The van der Waals surface area contributed by atoms with Gasteiger partial charge in [0.2, 0.25) is 0 Å². The first-order chi connectivity index (χ1) is 7.22. The van der Waals surface area contributed by atoms with Crippen molar-refractivity contribution in [2.45, 2.75) is 26.2 Å². The Morgan fingerprint density at radius 3 is 2.87 bits per heavy atom. The first-order valence-electron chi connectivity index (χ1n) is 5.46. The van der Waals surface area contributed by atoms with Gasteiger partial charge in [-0.15, -0.1) is 0 Å². The number of carbonyl (C=O) groups excluding carboxylic acids is 1. The lowest BCUT2D eigenvalue weighted by Gasteiger charge is -2.11. The van der Waals surface area contributed by atoms with Crippen LogP contribution in [0.2, 0.25) is 0 Å². The highest BCUT2D eigenvalue weighted by atomic mass is 35.5. The van der Waals surface area contributed by atoms with E-state index in [-0.39, 0.29) is 5.97 Å². The summed E-state index contributed by atoms with van der Waals surface area (Å²) in [6.07, 6.45) is 6.91. The van der Waals surface area contributed by atoms with Gasteiger partial charge in [0.15, 0.2) is 0 Å². The number of hydrogen-bond donors (Lipinski definition) is 0. The molecule has 15 heavy (non-hydrogen) atoms. The molecule has 0 radical (unpaired) electrons. The molecule has 0 amide bonds. The minimum Gasteiger partial charge on any atom is -0.463 e. The van der Waals surface area contributed by atoms with Gasteiger partial charge in [-0.1, -0.05) is 17.7 Å².